The number of aromatic hydroxyl groups is 1. The predicted molar refractivity (Wildman–Crippen MR) is 169 cm³/mol. The maximum Gasteiger partial charge on any atom is 0.122 e. The number of phenolic OH excluding ortho intramolecular Hbond substituents is 1. The molecule has 0 saturated carbocycles. The van der Waals surface area contributed by atoms with Gasteiger partial charge in [0.05, 0.1) is 0 Å². The van der Waals surface area contributed by atoms with Crippen LogP contribution in [-0.2, 0) is 11.5 Å². The lowest BCUT2D eigenvalue weighted by Crippen LogP contribution is -2.15. The number of rotatable bonds is 22. The monoisotopic (exact) mass is 536 g/mol. The number of unbranched alkanes of at least 4 members (excludes halogenated alkanes) is 12. The number of thioether (sulfide) groups is 2. The molecular formula is C33H60OS2. The predicted octanol–water partition coefficient (Wildman–Crippen LogP) is 12.0. The first-order valence-corrected chi connectivity index (χ1v) is 17.2. The highest BCUT2D eigenvalue weighted by molar-refractivity contribution is 8.00. The van der Waals surface area contributed by atoms with Crippen molar-refractivity contribution in [3.05, 3.63) is 28.8 Å². The summed E-state index contributed by atoms with van der Waals surface area (Å²) in [4.78, 5) is 0. The summed E-state index contributed by atoms with van der Waals surface area (Å²) in [5.74, 6) is 2.44. The van der Waals surface area contributed by atoms with Gasteiger partial charge in [-0.1, -0.05) is 144 Å². The molecule has 0 fully saturated rings. The average Bonchev–Trinajstić information content (AvgIpc) is 2.82. The van der Waals surface area contributed by atoms with Crippen LogP contribution < -0.4 is 0 Å². The van der Waals surface area contributed by atoms with Crippen LogP contribution in [0.25, 0.3) is 0 Å². The van der Waals surface area contributed by atoms with Crippen LogP contribution in [0.2, 0.25) is 0 Å². The van der Waals surface area contributed by atoms with E-state index in [-0.39, 0.29) is 4.75 Å². The third kappa shape index (κ3) is 15.9. The summed E-state index contributed by atoms with van der Waals surface area (Å²) in [7, 11) is 0. The molecule has 3 heteroatoms. The second-order valence-corrected chi connectivity index (χ2v) is 15.6. The number of aryl methyl sites for hydroxylation is 1. The fourth-order valence-corrected chi connectivity index (χ4v) is 6.91. The van der Waals surface area contributed by atoms with E-state index in [0.29, 0.717) is 10.5 Å². The van der Waals surface area contributed by atoms with Crippen molar-refractivity contribution < 1.29 is 5.11 Å². The van der Waals surface area contributed by atoms with Gasteiger partial charge >= 0.3 is 0 Å². The standard InChI is InChI=1S/C33H60OS2/c1-8-10-12-14-16-18-20-22-32(4,5)35-26-29-24-28(3)31(34)30(25-29)27-36-33(6,7)23-21-19-17-15-13-11-9-2/h24-25,34H,8-23,26-27H2,1-7H3. The molecule has 1 aromatic rings. The Labute approximate surface area is 234 Å². The molecule has 0 bridgehead atoms. The lowest BCUT2D eigenvalue weighted by molar-refractivity contribution is 0.466. The molecule has 1 nitrogen and oxygen atoms in total. The van der Waals surface area contributed by atoms with E-state index >= 15 is 0 Å². The van der Waals surface area contributed by atoms with Crippen LogP contribution in [0, 0.1) is 6.92 Å². The van der Waals surface area contributed by atoms with Gasteiger partial charge in [-0.3, -0.25) is 0 Å². The number of benzene rings is 1. The van der Waals surface area contributed by atoms with Crippen LogP contribution in [0.5, 0.6) is 5.75 Å². The Bertz CT molecular complexity index is 695. The maximum atomic E-state index is 10.8. The van der Waals surface area contributed by atoms with Gasteiger partial charge in [0.15, 0.2) is 0 Å². The number of phenols is 1. The third-order valence-electron chi connectivity index (χ3n) is 7.45. The fraction of sp³-hybridized carbons (Fsp3) is 0.818. The highest BCUT2D eigenvalue weighted by Gasteiger charge is 2.21. The maximum absolute atomic E-state index is 10.8. The van der Waals surface area contributed by atoms with Gasteiger partial charge in [0.2, 0.25) is 0 Å². The SMILES string of the molecule is CCCCCCCCCC(C)(C)SCc1cc(C)c(O)c(CSC(C)(C)CCCCCCCCC)c1. The Morgan fingerprint density at radius 2 is 1.03 bits per heavy atom. The smallest absolute Gasteiger partial charge is 0.122 e. The van der Waals surface area contributed by atoms with Crippen molar-refractivity contribution >= 4 is 23.5 Å². The van der Waals surface area contributed by atoms with E-state index in [4.69, 9.17) is 0 Å². The van der Waals surface area contributed by atoms with E-state index in [2.05, 4.69) is 72.4 Å². The molecule has 0 aliphatic heterocycles. The Morgan fingerprint density at radius 3 is 1.50 bits per heavy atom. The van der Waals surface area contributed by atoms with Crippen molar-refractivity contribution in [3.8, 4) is 5.75 Å². The average molecular weight is 537 g/mol. The van der Waals surface area contributed by atoms with E-state index < -0.39 is 0 Å². The second-order valence-electron chi connectivity index (χ2n) is 12.3. The first-order valence-electron chi connectivity index (χ1n) is 15.2. The largest absolute Gasteiger partial charge is 0.507 e. The third-order valence-corrected chi connectivity index (χ3v) is 10.4. The molecule has 1 N–H and O–H groups in total. The van der Waals surface area contributed by atoms with E-state index in [1.54, 1.807) is 0 Å². The highest BCUT2D eigenvalue weighted by Crippen LogP contribution is 2.38. The molecule has 0 heterocycles. The molecule has 0 unspecified atom stereocenters. The van der Waals surface area contributed by atoms with Crippen molar-refractivity contribution in [1.82, 2.24) is 0 Å². The van der Waals surface area contributed by atoms with Gasteiger partial charge < -0.3 is 5.11 Å². The molecule has 0 atom stereocenters. The van der Waals surface area contributed by atoms with Crippen molar-refractivity contribution in [1.29, 1.82) is 0 Å². The minimum absolute atomic E-state index is 0.257. The topological polar surface area (TPSA) is 20.2 Å². The summed E-state index contributed by atoms with van der Waals surface area (Å²) in [5.41, 5.74) is 3.51. The zero-order valence-corrected chi connectivity index (χ0v) is 26.8. The minimum atomic E-state index is 0.257. The van der Waals surface area contributed by atoms with Crippen LogP contribution in [0.4, 0.5) is 0 Å². The molecule has 0 radical (unpaired) electrons. The van der Waals surface area contributed by atoms with E-state index in [1.165, 1.54) is 108 Å². The molecule has 0 aliphatic rings. The van der Waals surface area contributed by atoms with E-state index in [1.807, 2.05) is 11.8 Å². The minimum Gasteiger partial charge on any atom is -0.507 e. The van der Waals surface area contributed by atoms with E-state index in [0.717, 1.165) is 22.6 Å². The van der Waals surface area contributed by atoms with Crippen LogP contribution in [0.3, 0.4) is 0 Å². The molecule has 0 amide bonds. The zero-order valence-electron chi connectivity index (χ0n) is 25.1. The summed E-state index contributed by atoms with van der Waals surface area (Å²) in [6, 6.07) is 4.47. The van der Waals surface area contributed by atoms with Gasteiger partial charge in [-0.2, -0.15) is 23.5 Å². The summed E-state index contributed by atoms with van der Waals surface area (Å²) in [5, 5.41) is 10.8. The number of hydrogen-bond donors (Lipinski definition) is 1. The second kappa shape index (κ2) is 18.9. The van der Waals surface area contributed by atoms with E-state index in [9.17, 15) is 5.11 Å². The normalized spacial score (nSPS) is 12.4. The zero-order chi connectivity index (χ0) is 26.9. The molecule has 210 valence electrons. The van der Waals surface area contributed by atoms with Crippen molar-refractivity contribution in [2.45, 2.75) is 172 Å². The first kappa shape index (κ1) is 33.7. The first-order chi connectivity index (χ1) is 17.1. The quantitative estimate of drug-likeness (QED) is 0.149. The lowest BCUT2D eigenvalue weighted by atomic mass is 10.0. The fourth-order valence-electron chi connectivity index (χ4n) is 4.84. The van der Waals surface area contributed by atoms with Gasteiger partial charge in [0.25, 0.3) is 0 Å². The summed E-state index contributed by atoms with van der Waals surface area (Å²) < 4.78 is 0.565. The van der Waals surface area contributed by atoms with Crippen LogP contribution >= 0.6 is 23.5 Å². The van der Waals surface area contributed by atoms with Crippen molar-refractivity contribution in [2.75, 3.05) is 0 Å². The molecule has 0 aromatic heterocycles. The summed E-state index contributed by atoms with van der Waals surface area (Å²) in [6.45, 7) is 16.2. The van der Waals surface area contributed by atoms with Gasteiger partial charge in [0, 0.05) is 26.6 Å². The Hall–Kier alpha value is -0.280. The van der Waals surface area contributed by atoms with Gasteiger partial charge in [-0.15, -0.1) is 0 Å². The van der Waals surface area contributed by atoms with Crippen LogP contribution in [-0.4, -0.2) is 14.6 Å². The highest BCUT2D eigenvalue weighted by atomic mass is 32.2. The number of hydrogen-bond acceptors (Lipinski definition) is 3. The Morgan fingerprint density at radius 1 is 0.611 bits per heavy atom. The van der Waals surface area contributed by atoms with Gasteiger partial charge in [0.1, 0.15) is 5.75 Å². The molecule has 0 aliphatic carbocycles. The molecule has 36 heavy (non-hydrogen) atoms. The van der Waals surface area contributed by atoms with Crippen molar-refractivity contribution in [3.63, 3.8) is 0 Å². The Balaban J connectivity index is 2.47. The van der Waals surface area contributed by atoms with Gasteiger partial charge in [-0.05, 0) is 30.9 Å². The lowest BCUT2D eigenvalue weighted by Gasteiger charge is -2.26. The molecule has 0 saturated heterocycles. The molecule has 1 rings (SSSR count). The Kier molecular flexibility index (Phi) is 17.7. The summed E-state index contributed by atoms with van der Waals surface area (Å²) >= 11 is 4.10. The summed E-state index contributed by atoms with van der Waals surface area (Å²) in [6.07, 6.45) is 21.8. The van der Waals surface area contributed by atoms with Crippen molar-refractivity contribution in [2.24, 2.45) is 0 Å². The molecule has 1 aromatic carbocycles. The van der Waals surface area contributed by atoms with Gasteiger partial charge in [-0.25, -0.2) is 0 Å². The molecular weight excluding hydrogens is 476 g/mol. The van der Waals surface area contributed by atoms with Crippen LogP contribution in [0.15, 0.2) is 12.1 Å². The molecule has 0 spiro atoms. The van der Waals surface area contributed by atoms with Crippen LogP contribution in [0.1, 0.15) is 161 Å².